The molecule has 4 nitrogen and oxygen atoms in total. The molecule has 0 fully saturated rings. The van der Waals surface area contributed by atoms with E-state index in [1.165, 1.54) is 0 Å². The summed E-state index contributed by atoms with van der Waals surface area (Å²) in [5.41, 5.74) is 0.0103. The Morgan fingerprint density at radius 2 is 1.65 bits per heavy atom. The minimum atomic E-state index is -1.34. The standard InChI is InChI=1S/C17H18BrClN2O2/c1-20-10-16(22)21-11-17(23,12-2-6-14(18)7-3-12)13-4-8-15(19)9-5-13/h2-9,20,23H,10-11H2,1H3,(H,21,22). The molecule has 0 bridgehead atoms. The van der Waals surface area contributed by atoms with Crippen molar-refractivity contribution in [1.29, 1.82) is 0 Å². The van der Waals surface area contributed by atoms with Crippen molar-refractivity contribution in [3.63, 3.8) is 0 Å². The molecule has 122 valence electrons. The van der Waals surface area contributed by atoms with Gasteiger partial charge in [-0.15, -0.1) is 0 Å². The molecule has 2 rings (SSSR count). The predicted octanol–water partition coefficient (Wildman–Crippen LogP) is 2.67. The third kappa shape index (κ3) is 4.54. The van der Waals surface area contributed by atoms with Crippen LogP contribution in [0, 0.1) is 0 Å². The summed E-state index contributed by atoms with van der Waals surface area (Å²) < 4.78 is 0.916. The van der Waals surface area contributed by atoms with Crippen LogP contribution in [-0.2, 0) is 10.4 Å². The van der Waals surface area contributed by atoms with Crippen molar-refractivity contribution in [3.8, 4) is 0 Å². The molecule has 0 aliphatic rings. The van der Waals surface area contributed by atoms with E-state index in [0.717, 1.165) is 4.47 Å². The first-order valence-electron chi connectivity index (χ1n) is 7.11. The van der Waals surface area contributed by atoms with E-state index in [0.29, 0.717) is 16.1 Å². The highest BCUT2D eigenvalue weighted by atomic mass is 79.9. The number of carbonyl (C=O) groups excluding carboxylic acids is 1. The molecule has 0 heterocycles. The third-order valence-electron chi connectivity index (χ3n) is 3.52. The second kappa shape index (κ2) is 7.93. The van der Waals surface area contributed by atoms with Gasteiger partial charge in [-0.1, -0.05) is 51.8 Å². The van der Waals surface area contributed by atoms with Crippen molar-refractivity contribution in [3.05, 3.63) is 69.2 Å². The highest BCUT2D eigenvalue weighted by Crippen LogP contribution is 2.30. The Labute approximate surface area is 149 Å². The second-order valence-corrected chi connectivity index (χ2v) is 6.53. The van der Waals surface area contributed by atoms with Crippen molar-refractivity contribution in [2.75, 3.05) is 20.1 Å². The summed E-state index contributed by atoms with van der Waals surface area (Å²) in [5, 5.41) is 17.4. The third-order valence-corrected chi connectivity index (χ3v) is 4.30. The van der Waals surface area contributed by atoms with Crippen LogP contribution in [0.2, 0.25) is 5.02 Å². The molecule has 2 aromatic carbocycles. The summed E-state index contributed by atoms with van der Waals surface area (Å²) in [4.78, 5) is 11.7. The van der Waals surface area contributed by atoms with Gasteiger partial charge in [0.15, 0.2) is 0 Å². The molecule has 1 unspecified atom stereocenters. The van der Waals surface area contributed by atoms with E-state index >= 15 is 0 Å². The first-order chi connectivity index (χ1) is 11.0. The molecule has 1 atom stereocenters. The topological polar surface area (TPSA) is 61.4 Å². The first-order valence-corrected chi connectivity index (χ1v) is 8.28. The molecular formula is C17H18BrClN2O2. The van der Waals surface area contributed by atoms with Crippen molar-refractivity contribution < 1.29 is 9.90 Å². The minimum absolute atomic E-state index is 0.0662. The molecule has 0 saturated heterocycles. The highest BCUT2D eigenvalue weighted by Gasteiger charge is 2.32. The average Bonchev–Trinajstić information content (AvgIpc) is 2.54. The van der Waals surface area contributed by atoms with Crippen molar-refractivity contribution in [2.24, 2.45) is 0 Å². The Morgan fingerprint density at radius 1 is 1.13 bits per heavy atom. The normalized spacial score (nSPS) is 13.4. The number of nitrogens with one attached hydrogen (secondary N) is 2. The fourth-order valence-electron chi connectivity index (χ4n) is 2.27. The van der Waals surface area contributed by atoms with Crippen LogP contribution in [0.15, 0.2) is 53.0 Å². The summed E-state index contributed by atoms with van der Waals surface area (Å²) in [6.07, 6.45) is 0. The molecule has 2 aromatic rings. The number of rotatable bonds is 6. The summed E-state index contributed by atoms with van der Waals surface area (Å²) in [7, 11) is 1.69. The van der Waals surface area contributed by atoms with Gasteiger partial charge in [0.1, 0.15) is 5.60 Å². The molecule has 0 saturated carbocycles. The van der Waals surface area contributed by atoms with Gasteiger partial charge < -0.3 is 15.7 Å². The van der Waals surface area contributed by atoms with Gasteiger partial charge in [0, 0.05) is 9.50 Å². The second-order valence-electron chi connectivity index (χ2n) is 5.18. The Balaban J connectivity index is 2.35. The van der Waals surface area contributed by atoms with E-state index in [-0.39, 0.29) is 19.0 Å². The minimum Gasteiger partial charge on any atom is -0.379 e. The number of halogens is 2. The Hall–Kier alpha value is -1.40. The van der Waals surface area contributed by atoms with Gasteiger partial charge in [-0.2, -0.15) is 0 Å². The zero-order valence-electron chi connectivity index (χ0n) is 12.6. The molecule has 6 heteroatoms. The van der Waals surface area contributed by atoms with Crippen LogP contribution in [0.3, 0.4) is 0 Å². The predicted molar refractivity (Wildman–Crippen MR) is 95.5 cm³/mol. The van der Waals surface area contributed by atoms with E-state index in [1.54, 1.807) is 31.3 Å². The van der Waals surface area contributed by atoms with Gasteiger partial charge >= 0.3 is 0 Å². The van der Waals surface area contributed by atoms with Gasteiger partial charge in [0.05, 0.1) is 13.1 Å². The van der Waals surface area contributed by atoms with Crippen molar-refractivity contribution in [1.82, 2.24) is 10.6 Å². The monoisotopic (exact) mass is 396 g/mol. The van der Waals surface area contributed by atoms with E-state index in [4.69, 9.17) is 11.6 Å². The van der Waals surface area contributed by atoms with Crippen LogP contribution in [0.5, 0.6) is 0 Å². The maximum absolute atomic E-state index is 11.7. The molecule has 0 aliphatic carbocycles. The van der Waals surface area contributed by atoms with E-state index in [2.05, 4.69) is 26.6 Å². The summed E-state index contributed by atoms with van der Waals surface area (Å²) >= 11 is 9.32. The van der Waals surface area contributed by atoms with Gasteiger partial charge in [-0.3, -0.25) is 4.79 Å². The Morgan fingerprint density at radius 3 is 2.17 bits per heavy atom. The largest absolute Gasteiger partial charge is 0.379 e. The number of hydrogen-bond donors (Lipinski definition) is 3. The summed E-state index contributed by atoms with van der Waals surface area (Å²) in [5.74, 6) is -0.183. The molecule has 3 N–H and O–H groups in total. The molecule has 23 heavy (non-hydrogen) atoms. The van der Waals surface area contributed by atoms with Crippen LogP contribution in [0.1, 0.15) is 11.1 Å². The number of amides is 1. The smallest absolute Gasteiger partial charge is 0.234 e. The summed E-state index contributed by atoms with van der Waals surface area (Å²) in [6, 6.07) is 14.3. The average molecular weight is 398 g/mol. The lowest BCUT2D eigenvalue weighted by Crippen LogP contribution is -2.44. The molecule has 0 aliphatic heterocycles. The fraction of sp³-hybridized carbons (Fsp3) is 0.235. The lowest BCUT2D eigenvalue weighted by molar-refractivity contribution is -0.121. The Bertz CT molecular complexity index is 614. The zero-order valence-corrected chi connectivity index (χ0v) is 15.0. The number of benzene rings is 2. The van der Waals surface area contributed by atoms with Crippen LogP contribution < -0.4 is 10.6 Å². The van der Waals surface area contributed by atoms with E-state index in [1.807, 2.05) is 24.3 Å². The SMILES string of the molecule is CNCC(=O)NCC(O)(c1ccc(Cl)cc1)c1ccc(Br)cc1. The van der Waals surface area contributed by atoms with Gasteiger partial charge in [-0.05, 0) is 42.4 Å². The lowest BCUT2D eigenvalue weighted by Gasteiger charge is -2.30. The molecule has 0 radical (unpaired) electrons. The molecular weight excluding hydrogens is 380 g/mol. The fourth-order valence-corrected chi connectivity index (χ4v) is 2.66. The number of hydrogen-bond acceptors (Lipinski definition) is 3. The van der Waals surface area contributed by atoms with Gasteiger partial charge in [-0.25, -0.2) is 0 Å². The number of carbonyl (C=O) groups is 1. The molecule has 0 spiro atoms. The van der Waals surface area contributed by atoms with Crippen LogP contribution in [-0.4, -0.2) is 31.2 Å². The first kappa shape index (κ1) is 17.9. The Kier molecular flexibility index (Phi) is 6.18. The highest BCUT2D eigenvalue weighted by molar-refractivity contribution is 9.10. The van der Waals surface area contributed by atoms with Crippen molar-refractivity contribution in [2.45, 2.75) is 5.60 Å². The van der Waals surface area contributed by atoms with Crippen LogP contribution in [0.25, 0.3) is 0 Å². The van der Waals surface area contributed by atoms with Crippen LogP contribution in [0.4, 0.5) is 0 Å². The van der Waals surface area contributed by atoms with Crippen LogP contribution >= 0.6 is 27.5 Å². The van der Waals surface area contributed by atoms with E-state index in [9.17, 15) is 9.90 Å². The quantitative estimate of drug-likeness (QED) is 0.702. The lowest BCUT2D eigenvalue weighted by atomic mass is 9.86. The van der Waals surface area contributed by atoms with Gasteiger partial charge in [0.25, 0.3) is 0 Å². The molecule has 0 aromatic heterocycles. The maximum atomic E-state index is 11.7. The van der Waals surface area contributed by atoms with Gasteiger partial charge in [0.2, 0.25) is 5.91 Å². The number of likely N-dealkylation sites (N-methyl/N-ethyl adjacent to an activating group) is 1. The van der Waals surface area contributed by atoms with Crippen molar-refractivity contribution >= 4 is 33.4 Å². The maximum Gasteiger partial charge on any atom is 0.234 e. The zero-order chi connectivity index (χ0) is 16.9. The van der Waals surface area contributed by atoms with E-state index < -0.39 is 5.60 Å². The number of aliphatic hydroxyl groups is 1. The summed E-state index contributed by atoms with van der Waals surface area (Å²) in [6.45, 7) is 0.258. The molecule has 1 amide bonds.